The topological polar surface area (TPSA) is 21.3 Å². The number of halogens is 1. The molecule has 0 atom stereocenters. The fourth-order valence-corrected chi connectivity index (χ4v) is 3.40. The van der Waals surface area contributed by atoms with Crippen molar-refractivity contribution < 1.29 is 4.74 Å². The van der Waals surface area contributed by atoms with Crippen LogP contribution in [0.1, 0.15) is 56.9 Å². The van der Waals surface area contributed by atoms with Gasteiger partial charge in [0.2, 0.25) is 0 Å². The van der Waals surface area contributed by atoms with Crippen LogP contribution in [0.3, 0.4) is 0 Å². The van der Waals surface area contributed by atoms with Gasteiger partial charge in [-0.3, -0.25) is 0 Å². The molecule has 0 amide bonds. The van der Waals surface area contributed by atoms with E-state index in [-0.39, 0.29) is 5.60 Å². The van der Waals surface area contributed by atoms with Crippen LogP contribution in [-0.4, -0.2) is 18.2 Å². The van der Waals surface area contributed by atoms with Gasteiger partial charge in [0.05, 0.1) is 12.2 Å². The quantitative estimate of drug-likeness (QED) is 0.769. The summed E-state index contributed by atoms with van der Waals surface area (Å²) in [5.41, 5.74) is 1.12. The summed E-state index contributed by atoms with van der Waals surface area (Å²) < 4.78 is 6.45. The molecule has 2 saturated carbocycles. The fourth-order valence-electron chi connectivity index (χ4n) is 3.21. The summed E-state index contributed by atoms with van der Waals surface area (Å²) in [5.74, 6) is 0. The summed E-state index contributed by atoms with van der Waals surface area (Å²) in [5, 5.41) is 4.50. The molecule has 0 aromatic heterocycles. The van der Waals surface area contributed by atoms with Gasteiger partial charge in [-0.05, 0) is 37.3 Å². The van der Waals surface area contributed by atoms with Gasteiger partial charge < -0.3 is 10.1 Å². The molecule has 116 valence electrons. The zero-order chi connectivity index (χ0) is 14.5. The summed E-state index contributed by atoms with van der Waals surface area (Å²) >= 11 is 6.26. The lowest BCUT2D eigenvalue weighted by Crippen LogP contribution is -2.43. The highest BCUT2D eigenvalue weighted by Gasteiger charge is 2.34. The summed E-state index contributed by atoms with van der Waals surface area (Å²) in [6.45, 7) is 1.63. The van der Waals surface area contributed by atoms with Crippen LogP contribution in [0.5, 0.6) is 0 Å². The van der Waals surface area contributed by atoms with Crippen LogP contribution in [0, 0.1) is 0 Å². The van der Waals surface area contributed by atoms with Crippen molar-refractivity contribution in [1.29, 1.82) is 0 Å². The maximum absolute atomic E-state index is 6.45. The largest absolute Gasteiger partial charge is 0.369 e. The predicted molar refractivity (Wildman–Crippen MR) is 87.7 cm³/mol. The van der Waals surface area contributed by atoms with Crippen molar-refractivity contribution in [2.75, 3.05) is 6.54 Å². The van der Waals surface area contributed by atoms with Crippen molar-refractivity contribution in [3.8, 4) is 0 Å². The highest BCUT2D eigenvalue weighted by Crippen LogP contribution is 2.33. The van der Waals surface area contributed by atoms with Crippen LogP contribution < -0.4 is 5.32 Å². The molecule has 1 aromatic carbocycles. The van der Waals surface area contributed by atoms with E-state index in [4.69, 9.17) is 16.3 Å². The van der Waals surface area contributed by atoms with Crippen LogP contribution >= 0.6 is 11.6 Å². The molecule has 2 aliphatic rings. The minimum absolute atomic E-state index is 0.0122. The van der Waals surface area contributed by atoms with Gasteiger partial charge in [-0.1, -0.05) is 55.5 Å². The molecule has 0 heterocycles. The van der Waals surface area contributed by atoms with E-state index in [1.165, 1.54) is 51.4 Å². The van der Waals surface area contributed by atoms with E-state index in [1.54, 1.807) is 0 Å². The van der Waals surface area contributed by atoms with Gasteiger partial charge in [-0.25, -0.2) is 0 Å². The van der Waals surface area contributed by atoms with E-state index >= 15 is 0 Å². The highest BCUT2D eigenvalue weighted by atomic mass is 35.5. The molecule has 0 aliphatic heterocycles. The Hall–Kier alpha value is -0.570. The van der Waals surface area contributed by atoms with Crippen LogP contribution in [0.25, 0.3) is 0 Å². The van der Waals surface area contributed by atoms with Crippen LogP contribution in [-0.2, 0) is 11.3 Å². The minimum Gasteiger partial charge on any atom is -0.369 e. The molecule has 0 unspecified atom stereocenters. The first kappa shape index (κ1) is 15.3. The third-order valence-corrected chi connectivity index (χ3v) is 5.17. The molecule has 3 heteroatoms. The average Bonchev–Trinajstić information content (AvgIpc) is 3.32. The van der Waals surface area contributed by atoms with E-state index in [9.17, 15) is 0 Å². The van der Waals surface area contributed by atoms with E-state index in [0.29, 0.717) is 6.61 Å². The standard InChI is InChI=1S/C18H26ClNO/c19-17-8-4-3-7-15(17)13-21-18(14-20-16-9-10-16)11-5-1-2-6-12-18/h3-4,7-8,16,20H,1-2,5-6,9-14H2. The summed E-state index contributed by atoms with van der Waals surface area (Å²) in [7, 11) is 0. The van der Waals surface area contributed by atoms with Gasteiger partial charge in [-0.2, -0.15) is 0 Å². The van der Waals surface area contributed by atoms with E-state index in [2.05, 4.69) is 11.4 Å². The molecule has 21 heavy (non-hydrogen) atoms. The Kier molecular flexibility index (Phi) is 5.20. The maximum Gasteiger partial charge on any atom is 0.0810 e. The Morgan fingerprint density at radius 1 is 1.10 bits per heavy atom. The van der Waals surface area contributed by atoms with Crippen molar-refractivity contribution in [3.05, 3.63) is 34.9 Å². The molecular formula is C18H26ClNO. The Bertz CT molecular complexity index is 450. The Labute approximate surface area is 133 Å². The summed E-state index contributed by atoms with van der Waals surface area (Å²) in [6, 6.07) is 8.77. The fraction of sp³-hybridized carbons (Fsp3) is 0.667. The number of rotatable bonds is 6. The molecule has 0 saturated heterocycles. The second-order valence-electron chi connectivity index (χ2n) is 6.63. The second-order valence-corrected chi connectivity index (χ2v) is 7.04. The third-order valence-electron chi connectivity index (χ3n) is 4.80. The Morgan fingerprint density at radius 2 is 1.81 bits per heavy atom. The number of hydrogen-bond donors (Lipinski definition) is 1. The lowest BCUT2D eigenvalue weighted by Gasteiger charge is -2.34. The second kappa shape index (κ2) is 7.13. The maximum atomic E-state index is 6.45. The Morgan fingerprint density at radius 3 is 2.48 bits per heavy atom. The van der Waals surface area contributed by atoms with Gasteiger partial charge >= 0.3 is 0 Å². The smallest absolute Gasteiger partial charge is 0.0810 e. The monoisotopic (exact) mass is 307 g/mol. The molecule has 1 aromatic rings. The zero-order valence-electron chi connectivity index (χ0n) is 12.7. The minimum atomic E-state index is 0.0122. The predicted octanol–water partition coefficient (Wildman–Crippen LogP) is 4.70. The molecule has 0 bridgehead atoms. The highest BCUT2D eigenvalue weighted by molar-refractivity contribution is 6.31. The lowest BCUT2D eigenvalue weighted by atomic mass is 9.93. The van der Waals surface area contributed by atoms with Gasteiger partial charge in [0, 0.05) is 17.6 Å². The number of nitrogens with one attached hydrogen (secondary N) is 1. The molecule has 0 radical (unpaired) electrons. The SMILES string of the molecule is Clc1ccccc1COC1(CNC2CC2)CCCCCC1. The third kappa shape index (κ3) is 4.45. The van der Waals surface area contributed by atoms with Crippen molar-refractivity contribution in [2.24, 2.45) is 0 Å². The normalized spacial score (nSPS) is 22.0. The molecule has 3 rings (SSSR count). The van der Waals surface area contributed by atoms with Crippen LogP contribution in [0.4, 0.5) is 0 Å². The first-order valence-corrected chi connectivity index (χ1v) is 8.76. The molecule has 2 nitrogen and oxygen atoms in total. The molecule has 2 aliphatic carbocycles. The average molecular weight is 308 g/mol. The first-order valence-electron chi connectivity index (χ1n) is 8.38. The van der Waals surface area contributed by atoms with Gasteiger partial charge in [0.15, 0.2) is 0 Å². The molecule has 1 N–H and O–H groups in total. The summed E-state index contributed by atoms with van der Waals surface area (Å²) in [6.07, 6.45) is 10.3. The number of benzene rings is 1. The number of ether oxygens (including phenoxy) is 1. The van der Waals surface area contributed by atoms with E-state index in [0.717, 1.165) is 23.2 Å². The lowest BCUT2D eigenvalue weighted by molar-refractivity contribution is -0.0657. The van der Waals surface area contributed by atoms with Crippen LogP contribution in [0.2, 0.25) is 5.02 Å². The molecular weight excluding hydrogens is 282 g/mol. The van der Waals surface area contributed by atoms with E-state index < -0.39 is 0 Å². The molecule has 0 spiro atoms. The first-order chi connectivity index (χ1) is 10.3. The number of hydrogen-bond acceptors (Lipinski definition) is 2. The van der Waals surface area contributed by atoms with Gasteiger partial charge in [0.25, 0.3) is 0 Å². The summed E-state index contributed by atoms with van der Waals surface area (Å²) in [4.78, 5) is 0. The van der Waals surface area contributed by atoms with Gasteiger partial charge in [0.1, 0.15) is 0 Å². The van der Waals surface area contributed by atoms with Crippen LogP contribution in [0.15, 0.2) is 24.3 Å². The van der Waals surface area contributed by atoms with Crippen molar-refractivity contribution in [1.82, 2.24) is 5.32 Å². The van der Waals surface area contributed by atoms with Crippen molar-refractivity contribution in [3.63, 3.8) is 0 Å². The van der Waals surface area contributed by atoms with E-state index in [1.807, 2.05) is 18.2 Å². The van der Waals surface area contributed by atoms with Gasteiger partial charge in [-0.15, -0.1) is 0 Å². The Balaban J connectivity index is 1.64. The molecule has 2 fully saturated rings. The van der Waals surface area contributed by atoms with Crippen molar-refractivity contribution >= 4 is 11.6 Å². The zero-order valence-corrected chi connectivity index (χ0v) is 13.5. The van der Waals surface area contributed by atoms with Crippen molar-refractivity contribution in [2.45, 2.75) is 69.6 Å².